The molecule has 0 aromatic heterocycles. The molecule has 1 N–H and O–H groups in total. The highest BCUT2D eigenvalue weighted by atomic mass is 35.5. The smallest absolute Gasteiger partial charge is 0.243 e. The SMILES string of the molecule is O=C(NC1CCCCC1)[C@@H](Cc1ccccc1)N(Cc1c(Cl)cccc1Cl)C(=O)CCc1ccccc1Cl. The fraction of sp³-hybridized carbons (Fsp3) is 0.355. The zero-order valence-corrected chi connectivity index (χ0v) is 23.6. The van der Waals surface area contributed by atoms with E-state index >= 15 is 0 Å². The molecule has 3 aromatic carbocycles. The van der Waals surface area contributed by atoms with Crippen LogP contribution in [0, 0.1) is 0 Å². The highest BCUT2D eigenvalue weighted by Gasteiger charge is 2.32. The van der Waals surface area contributed by atoms with E-state index in [1.165, 1.54) is 6.42 Å². The van der Waals surface area contributed by atoms with E-state index in [1.807, 2.05) is 54.6 Å². The Kier molecular flexibility index (Phi) is 10.5. The fourth-order valence-corrected chi connectivity index (χ4v) is 5.79. The first-order valence-corrected chi connectivity index (χ1v) is 14.4. The van der Waals surface area contributed by atoms with Crippen LogP contribution in [-0.2, 0) is 29.0 Å². The van der Waals surface area contributed by atoms with Gasteiger partial charge < -0.3 is 10.2 Å². The first kappa shape index (κ1) is 28.5. The predicted octanol–water partition coefficient (Wildman–Crippen LogP) is 7.67. The largest absolute Gasteiger partial charge is 0.352 e. The summed E-state index contributed by atoms with van der Waals surface area (Å²) in [5.74, 6) is -0.296. The summed E-state index contributed by atoms with van der Waals surface area (Å²) in [5.41, 5.74) is 2.50. The summed E-state index contributed by atoms with van der Waals surface area (Å²) in [6, 6.07) is 22.0. The van der Waals surface area contributed by atoms with E-state index in [0.29, 0.717) is 33.5 Å². The Morgan fingerprint density at radius 2 is 1.45 bits per heavy atom. The van der Waals surface area contributed by atoms with Gasteiger partial charge in [0.05, 0.1) is 0 Å². The number of nitrogens with zero attached hydrogens (tertiary/aromatic N) is 1. The van der Waals surface area contributed by atoms with Crippen molar-refractivity contribution in [2.24, 2.45) is 0 Å². The number of hydrogen-bond donors (Lipinski definition) is 1. The molecule has 0 heterocycles. The summed E-state index contributed by atoms with van der Waals surface area (Å²) < 4.78 is 0. The quantitative estimate of drug-likeness (QED) is 0.271. The Labute approximate surface area is 240 Å². The zero-order valence-electron chi connectivity index (χ0n) is 21.3. The van der Waals surface area contributed by atoms with Gasteiger partial charge in [-0.1, -0.05) is 109 Å². The molecule has 0 saturated heterocycles. The summed E-state index contributed by atoms with van der Waals surface area (Å²) in [6.45, 7) is 0.134. The molecule has 0 aliphatic heterocycles. The average molecular weight is 572 g/mol. The highest BCUT2D eigenvalue weighted by Crippen LogP contribution is 2.28. The van der Waals surface area contributed by atoms with Crippen LogP contribution >= 0.6 is 34.8 Å². The maximum atomic E-state index is 13.9. The van der Waals surface area contributed by atoms with Crippen molar-refractivity contribution in [2.75, 3.05) is 0 Å². The number of aryl methyl sites for hydroxylation is 1. The monoisotopic (exact) mass is 570 g/mol. The van der Waals surface area contributed by atoms with Crippen LogP contribution in [0.4, 0.5) is 0 Å². The lowest BCUT2D eigenvalue weighted by Crippen LogP contribution is -2.53. The number of carbonyl (C=O) groups is 2. The number of benzene rings is 3. The number of nitrogens with one attached hydrogen (secondary N) is 1. The van der Waals surface area contributed by atoms with E-state index < -0.39 is 6.04 Å². The number of halogens is 3. The number of carbonyl (C=O) groups excluding carboxylic acids is 2. The van der Waals surface area contributed by atoms with Gasteiger partial charge in [0, 0.05) is 46.1 Å². The molecule has 7 heteroatoms. The highest BCUT2D eigenvalue weighted by molar-refractivity contribution is 6.36. The van der Waals surface area contributed by atoms with E-state index in [0.717, 1.165) is 36.8 Å². The summed E-state index contributed by atoms with van der Waals surface area (Å²) in [6.07, 6.45) is 6.37. The minimum atomic E-state index is -0.717. The Balaban J connectivity index is 1.65. The van der Waals surface area contributed by atoms with Crippen molar-refractivity contribution >= 4 is 46.6 Å². The topological polar surface area (TPSA) is 49.4 Å². The van der Waals surface area contributed by atoms with Gasteiger partial charge in [0.25, 0.3) is 0 Å². The zero-order chi connectivity index (χ0) is 26.9. The van der Waals surface area contributed by atoms with Crippen molar-refractivity contribution in [3.05, 3.63) is 105 Å². The molecule has 4 rings (SSSR count). The molecule has 0 radical (unpaired) electrons. The van der Waals surface area contributed by atoms with Crippen LogP contribution < -0.4 is 5.32 Å². The minimum absolute atomic E-state index is 0.124. The van der Waals surface area contributed by atoms with Gasteiger partial charge in [-0.25, -0.2) is 0 Å². The Hall–Kier alpha value is -2.53. The normalized spacial score (nSPS) is 14.6. The van der Waals surface area contributed by atoms with Crippen LogP contribution in [0.25, 0.3) is 0 Å². The third kappa shape index (κ3) is 7.75. The summed E-state index contributed by atoms with van der Waals surface area (Å²) >= 11 is 19.4. The molecule has 1 atom stereocenters. The maximum absolute atomic E-state index is 13.9. The van der Waals surface area contributed by atoms with Crippen molar-refractivity contribution in [1.29, 1.82) is 0 Å². The average Bonchev–Trinajstić information content (AvgIpc) is 2.92. The van der Waals surface area contributed by atoms with Crippen molar-refractivity contribution < 1.29 is 9.59 Å². The lowest BCUT2D eigenvalue weighted by Gasteiger charge is -2.34. The molecule has 2 amide bonds. The Morgan fingerprint density at radius 1 is 0.816 bits per heavy atom. The summed E-state index contributed by atoms with van der Waals surface area (Å²) in [7, 11) is 0. The van der Waals surface area contributed by atoms with Crippen molar-refractivity contribution in [3.8, 4) is 0 Å². The second kappa shape index (κ2) is 14.0. The van der Waals surface area contributed by atoms with Gasteiger partial charge in [-0.05, 0) is 48.6 Å². The van der Waals surface area contributed by atoms with Gasteiger partial charge in [0.15, 0.2) is 0 Å². The van der Waals surface area contributed by atoms with E-state index in [4.69, 9.17) is 34.8 Å². The molecule has 38 heavy (non-hydrogen) atoms. The van der Waals surface area contributed by atoms with Gasteiger partial charge >= 0.3 is 0 Å². The van der Waals surface area contributed by atoms with Gasteiger partial charge in [-0.3, -0.25) is 9.59 Å². The van der Waals surface area contributed by atoms with Gasteiger partial charge in [-0.2, -0.15) is 0 Å². The predicted molar refractivity (Wildman–Crippen MR) is 156 cm³/mol. The second-order valence-electron chi connectivity index (χ2n) is 9.86. The standard InChI is InChI=1S/C31H33Cl3N2O2/c32-26-15-8-7-12-23(26)18-19-30(37)36(21-25-27(33)16-9-17-28(25)34)29(20-22-10-3-1-4-11-22)31(38)35-24-13-5-2-6-14-24/h1,3-4,7-12,15-17,24,29H,2,5-6,13-14,18-21H2,(H,35,38)/t29-/m1/s1. The van der Waals surface area contributed by atoms with E-state index in [-0.39, 0.29) is 30.8 Å². The van der Waals surface area contributed by atoms with Crippen LogP contribution in [0.3, 0.4) is 0 Å². The first-order chi connectivity index (χ1) is 18.4. The number of hydrogen-bond acceptors (Lipinski definition) is 2. The second-order valence-corrected chi connectivity index (χ2v) is 11.1. The molecule has 3 aromatic rings. The van der Waals surface area contributed by atoms with Crippen molar-refractivity contribution in [1.82, 2.24) is 10.2 Å². The lowest BCUT2D eigenvalue weighted by molar-refractivity contribution is -0.141. The third-order valence-electron chi connectivity index (χ3n) is 7.18. The van der Waals surface area contributed by atoms with Crippen LogP contribution in [0.5, 0.6) is 0 Å². The van der Waals surface area contributed by atoms with Crippen LogP contribution in [-0.4, -0.2) is 28.8 Å². The number of amides is 2. The van der Waals surface area contributed by atoms with Gasteiger partial charge in [-0.15, -0.1) is 0 Å². The van der Waals surface area contributed by atoms with Crippen LogP contribution in [0.2, 0.25) is 15.1 Å². The van der Waals surface area contributed by atoms with Crippen LogP contribution in [0.15, 0.2) is 72.8 Å². The minimum Gasteiger partial charge on any atom is -0.352 e. The summed E-state index contributed by atoms with van der Waals surface area (Å²) in [4.78, 5) is 29.4. The Morgan fingerprint density at radius 3 is 2.13 bits per heavy atom. The molecular formula is C31H33Cl3N2O2. The molecule has 0 unspecified atom stereocenters. The molecule has 1 fully saturated rings. The molecule has 200 valence electrons. The first-order valence-electron chi connectivity index (χ1n) is 13.2. The summed E-state index contributed by atoms with van der Waals surface area (Å²) in [5, 5.41) is 4.81. The van der Waals surface area contributed by atoms with Crippen LogP contribution in [0.1, 0.15) is 55.2 Å². The molecular weight excluding hydrogens is 539 g/mol. The van der Waals surface area contributed by atoms with Crippen molar-refractivity contribution in [3.63, 3.8) is 0 Å². The van der Waals surface area contributed by atoms with Gasteiger partial charge in [0.1, 0.15) is 6.04 Å². The van der Waals surface area contributed by atoms with Gasteiger partial charge in [0.2, 0.25) is 11.8 Å². The van der Waals surface area contributed by atoms with E-state index in [9.17, 15) is 9.59 Å². The molecule has 1 aliphatic carbocycles. The molecule has 4 nitrogen and oxygen atoms in total. The molecule has 1 aliphatic rings. The lowest BCUT2D eigenvalue weighted by atomic mass is 9.94. The molecule has 1 saturated carbocycles. The van der Waals surface area contributed by atoms with Crippen molar-refractivity contribution in [2.45, 2.75) is 70.0 Å². The van der Waals surface area contributed by atoms with E-state index in [2.05, 4.69) is 5.32 Å². The third-order valence-corrected chi connectivity index (χ3v) is 8.26. The maximum Gasteiger partial charge on any atom is 0.243 e. The fourth-order valence-electron chi connectivity index (χ4n) is 5.04. The molecule has 0 spiro atoms. The Bertz CT molecular complexity index is 1210. The molecule has 0 bridgehead atoms. The number of rotatable bonds is 10. The van der Waals surface area contributed by atoms with E-state index in [1.54, 1.807) is 23.1 Å².